The van der Waals surface area contributed by atoms with Gasteiger partial charge < -0.3 is 4.42 Å². The molecular formula is C16H17ClN2O3. The molecular weight excluding hydrogens is 304 g/mol. The topological polar surface area (TPSA) is 59.5 Å². The SMILES string of the molecule is O=[N+]([O-])c1ccc(CN2CCC(c3ccc(Cl)cc3)CC2)o1. The monoisotopic (exact) mass is 320 g/mol. The third-order valence-electron chi connectivity index (χ3n) is 4.14. The summed E-state index contributed by atoms with van der Waals surface area (Å²) in [6, 6.07) is 11.2. The molecule has 0 aliphatic carbocycles. The third kappa shape index (κ3) is 3.48. The van der Waals surface area contributed by atoms with Gasteiger partial charge in [-0.3, -0.25) is 15.0 Å². The zero-order valence-corrected chi connectivity index (χ0v) is 12.8. The number of rotatable bonds is 4. The summed E-state index contributed by atoms with van der Waals surface area (Å²) in [6.07, 6.45) is 2.15. The number of hydrogen-bond donors (Lipinski definition) is 0. The van der Waals surface area contributed by atoms with Crippen LogP contribution in [-0.2, 0) is 6.54 Å². The summed E-state index contributed by atoms with van der Waals surface area (Å²) in [4.78, 5) is 12.4. The van der Waals surface area contributed by atoms with Crippen LogP contribution in [0.15, 0.2) is 40.8 Å². The van der Waals surface area contributed by atoms with Gasteiger partial charge in [0.25, 0.3) is 0 Å². The number of hydrogen-bond acceptors (Lipinski definition) is 4. The highest BCUT2D eigenvalue weighted by atomic mass is 35.5. The number of nitrogens with zero attached hydrogens (tertiary/aromatic N) is 2. The van der Waals surface area contributed by atoms with Gasteiger partial charge in [-0.2, -0.15) is 0 Å². The van der Waals surface area contributed by atoms with Gasteiger partial charge in [0.05, 0.1) is 12.6 Å². The Balaban J connectivity index is 1.55. The van der Waals surface area contributed by atoms with Gasteiger partial charge in [0, 0.05) is 5.02 Å². The van der Waals surface area contributed by atoms with Crippen LogP contribution in [0.2, 0.25) is 5.02 Å². The Hall–Kier alpha value is -1.85. The van der Waals surface area contributed by atoms with Crippen molar-refractivity contribution in [3.05, 3.63) is 62.9 Å². The molecule has 0 N–H and O–H groups in total. The van der Waals surface area contributed by atoms with E-state index in [0.717, 1.165) is 31.0 Å². The number of piperidine rings is 1. The summed E-state index contributed by atoms with van der Waals surface area (Å²) in [5.41, 5.74) is 1.33. The van der Waals surface area contributed by atoms with Crippen molar-refractivity contribution in [1.82, 2.24) is 4.90 Å². The molecule has 0 atom stereocenters. The van der Waals surface area contributed by atoms with Crippen molar-refractivity contribution in [2.45, 2.75) is 25.3 Å². The summed E-state index contributed by atoms with van der Waals surface area (Å²) in [5, 5.41) is 11.4. The van der Waals surface area contributed by atoms with Crippen molar-refractivity contribution < 1.29 is 9.34 Å². The molecule has 5 nitrogen and oxygen atoms in total. The molecule has 6 heteroatoms. The lowest BCUT2D eigenvalue weighted by atomic mass is 9.89. The van der Waals surface area contributed by atoms with Crippen molar-refractivity contribution in [2.24, 2.45) is 0 Å². The fourth-order valence-corrected chi connectivity index (χ4v) is 3.06. The van der Waals surface area contributed by atoms with Gasteiger partial charge in [-0.05, 0) is 55.6 Å². The van der Waals surface area contributed by atoms with Crippen LogP contribution in [0.3, 0.4) is 0 Å². The van der Waals surface area contributed by atoms with Crippen LogP contribution in [-0.4, -0.2) is 22.9 Å². The number of nitro groups is 1. The van der Waals surface area contributed by atoms with Crippen molar-refractivity contribution in [2.75, 3.05) is 13.1 Å². The summed E-state index contributed by atoms with van der Waals surface area (Å²) in [5.74, 6) is 1.02. The molecule has 1 saturated heterocycles. The van der Waals surface area contributed by atoms with Crippen LogP contribution in [0.25, 0.3) is 0 Å². The van der Waals surface area contributed by atoms with Crippen LogP contribution < -0.4 is 0 Å². The lowest BCUT2D eigenvalue weighted by molar-refractivity contribution is -0.402. The van der Waals surface area contributed by atoms with Crippen molar-refractivity contribution in [3.63, 3.8) is 0 Å². The maximum absolute atomic E-state index is 10.6. The first kappa shape index (κ1) is 15.1. The molecule has 22 heavy (non-hydrogen) atoms. The highest BCUT2D eigenvalue weighted by molar-refractivity contribution is 6.30. The largest absolute Gasteiger partial charge is 0.433 e. The smallest absolute Gasteiger partial charge is 0.404 e. The second-order valence-corrected chi connectivity index (χ2v) is 6.04. The normalized spacial score (nSPS) is 16.8. The number of furan rings is 1. The highest BCUT2D eigenvalue weighted by Gasteiger charge is 2.22. The quantitative estimate of drug-likeness (QED) is 0.625. The van der Waals surface area contributed by atoms with Gasteiger partial charge in [-0.25, -0.2) is 0 Å². The van der Waals surface area contributed by atoms with Gasteiger partial charge in [-0.15, -0.1) is 0 Å². The molecule has 2 aromatic rings. The molecule has 0 unspecified atom stereocenters. The molecule has 1 aromatic heterocycles. The summed E-state index contributed by atoms with van der Waals surface area (Å²) in [6.45, 7) is 2.55. The lowest BCUT2D eigenvalue weighted by Gasteiger charge is -2.31. The second kappa shape index (κ2) is 6.50. The van der Waals surface area contributed by atoms with E-state index >= 15 is 0 Å². The van der Waals surface area contributed by atoms with Crippen LogP contribution >= 0.6 is 11.6 Å². The fraction of sp³-hybridized carbons (Fsp3) is 0.375. The van der Waals surface area contributed by atoms with E-state index in [0.29, 0.717) is 18.2 Å². The van der Waals surface area contributed by atoms with E-state index < -0.39 is 4.92 Å². The maximum Gasteiger partial charge on any atom is 0.433 e. The molecule has 0 radical (unpaired) electrons. The first-order valence-corrected chi connectivity index (χ1v) is 7.70. The summed E-state index contributed by atoms with van der Waals surface area (Å²) < 4.78 is 5.22. The molecule has 0 bridgehead atoms. The van der Waals surface area contributed by atoms with Gasteiger partial charge in [-0.1, -0.05) is 23.7 Å². The standard InChI is InChI=1S/C16H17ClN2O3/c17-14-3-1-12(2-4-14)13-7-9-18(10-8-13)11-15-5-6-16(22-15)19(20)21/h1-6,13H,7-11H2. The summed E-state index contributed by atoms with van der Waals surface area (Å²) in [7, 11) is 0. The molecule has 1 fully saturated rings. The van der Waals surface area contributed by atoms with E-state index in [1.54, 1.807) is 6.07 Å². The Kier molecular flexibility index (Phi) is 4.45. The Morgan fingerprint density at radius 1 is 1.18 bits per heavy atom. The van der Waals surface area contributed by atoms with E-state index in [1.807, 2.05) is 12.1 Å². The zero-order chi connectivity index (χ0) is 15.5. The predicted octanol–water partition coefficient (Wildman–Crippen LogP) is 4.22. The number of benzene rings is 1. The Bertz CT molecular complexity index is 646. The van der Waals surface area contributed by atoms with E-state index in [2.05, 4.69) is 17.0 Å². The zero-order valence-electron chi connectivity index (χ0n) is 12.1. The van der Waals surface area contributed by atoms with Gasteiger partial charge in [0.1, 0.15) is 10.7 Å². The van der Waals surface area contributed by atoms with Gasteiger partial charge in [0.2, 0.25) is 0 Å². The molecule has 3 rings (SSSR count). The Labute approximate surface area is 133 Å². The lowest BCUT2D eigenvalue weighted by Crippen LogP contribution is -2.32. The minimum absolute atomic E-state index is 0.189. The molecule has 0 spiro atoms. The van der Waals surface area contributed by atoms with Gasteiger partial charge in [0.15, 0.2) is 0 Å². The van der Waals surface area contributed by atoms with E-state index in [9.17, 15) is 10.1 Å². The van der Waals surface area contributed by atoms with Crippen molar-refractivity contribution >= 4 is 17.5 Å². The fourth-order valence-electron chi connectivity index (χ4n) is 2.93. The molecule has 0 saturated carbocycles. The molecule has 2 heterocycles. The van der Waals surface area contributed by atoms with Crippen LogP contribution in [0.1, 0.15) is 30.1 Å². The van der Waals surface area contributed by atoms with E-state index in [1.165, 1.54) is 11.6 Å². The summed E-state index contributed by atoms with van der Waals surface area (Å²) >= 11 is 5.92. The number of halogens is 1. The molecule has 1 aliphatic rings. The second-order valence-electron chi connectivity index (χ2n) is 5.60. The predicted molar refractivity (Wildman–Crippen MR) is 84.1 cm³/mol. The van der Waals surface area contributed by atoms with Crippen molar-refractivity contribution in [1.29, 1.82) is 0 Å². The maximum atomic E-state index is 10.6. The average Bonchev–Trinajstić information content (AvgIpc) is 2.98. The number of likely N-dealkylation sites (tertiary alicyclic amines) is 1. The van der Waals surface area contributed by atoms with Crippen LogP contribution in [0.4, 0.5) is 5.88 Å². The minimum atomic E-state index is -0.504. The van der Waals surface area contributed by atoms with E-state index in [4.69, 9.17) is 16.0 Å². The van der Waals surface area contributed by atoms with Gasteiger partial charge >= 0.3 is 5.88 Å². The van der Waals surface area contributed by atoms with Crippen molar-refractivity contribution in [3.8, 4) is 0 Å². The highest BCUT2D eigenvalue weighted by Crippen LogP contribution is 2.29. The van der Waals surface area contributed by atoms with Crippen LogP contribution in [0, 0.1) is 10.1 Å². The molecule has 0 amide bonds. The van der Waals surface area contributed by atoms with Crippen LogP contribution in [0.5, 0.6) is 0 Å². The Morgan fingerprint density at radius 3 is 2.45 bits per heavy atom. The first-order chi connectivity index (χ1) is 10.6. The molecule has 116 valence electrons. The molecule has 1 aromatic carbocycles. The first-order valence-electron chi connectivity index (χ1n) is 7.33. The average molecular weight is 321 g/mol. The minimum Gasteiger partial charge on any atom is -0.404 e. The third-order valence-corrected chi connectivity index (χ3v) is 4.39. The molecule has 1 aliphatic heterocycles. The van der Waals surface area contributed by atoms with E-state index in [-0.39, 0.29) is 5.88 Å². The Morgan fingerprint density at radius 2 is 1.86 bits per heavy atom.